The maximum Gasteiger partial charge on any atom is 0.0555 e. The van der Waals surface area contributed by atoms with Crippen LogP contribution in [-0.4, -0.2) is 47.8 Å². The van der Waals surface area contributed by atoms with Crippen LogP contribution in [-0.2, 0) is 0 Å². The monoisotopic (exact) mass is 224 g/mol. The Morgan fingerprint density at radius 3 is 2.50 bits per heavy atom. The molecular formula is C13H24N2O. The molecule has 0 radical (unpaired) electrons. The first-order chi connectivity index (χ1) is 7.81. The van der Waals surface area contributed by atoms with Crippen LogP contribution in [0.25, 0.3) is 0 Å². The smallest absolute Gasteiger partial charge is 0.0555 e. The van der Waals surface area contributed by atoms with Crippen LogP contribution < -0.4 is 5.32 Å². The van der Waals surface area contributed by atoms with Crippen LogP contribution in [0.15, 0.2) is 0 Å². The first-order valence-electron chi connectivity index (χ1n) is 6.98. The van der Waals surface area contributed by atoms with Gasteiger partial charge in [-0.05, 0) is 57.5 Å². The molecule has 1 saturated carbocycles. The summed E-state index contributed by atoms with van der Waals surface area (Å²) in [6.45, 7) is 3.88. The van der Waals surface area contributed by atoms with Gasteiger partial charge < -0.3 is 15.3 Å². The maximum absolute atomic E-state index is 9.69. The van der Waals surface area contributed by atoms with Crippen LogP contribution in [0.5, 0.6) is 0 Å². The van der Waals surface area contributed by atoms with Crippen LogP contribution in [0.2, 0.25) is 0 Å². The second-order valence-electron chi connectivity index (χ2n) is 5.93. The summed E-state index contributed by atoms with van der Waals surface area (Å²) < 4.78 is 0. The average Bonchev–Trinajstić information content (AvgIpc) is 2.30. The van der Waals surface area contributed by atoms with Crippen LogP contribution in [0.1, 0.15) is 38.5 Å². The summed E-state index contributed by atoms with van der Waals surface area (Å²) in [6.07, 6.45) is 7.16. The molecule has 16 heavy (non-hydrogen) atoms. The van der Waals surface area contributed by atoms with Crippen molar-refractivity contribution in [2.75, 3.05) is 19.6 Å². The number of hydrogen-bond acceptors (Lipinski definition) is 3. The molecule has 3 heteroatoms. The van der Waals surface area contributed by atoms with Crippen molar-refractivity contribution in [2.24, 2.45) is 5.92 Å². The summed E-state index contributed by atoms with van der Waals surface area (Å²) in [6, 6.07) is 1.28. The minimum Gasteiger partial charge on any atom is -0.393 e. The van der Waals surface area contributed by atoms with E-state index in [0.29, 0.717) is 12.1 Å². The quantitative estimate of drug-likeness (QED) is 0.734. The number of hydrogen-bond donors (Lipinski definition) is 2. The van der Waals surface area contributed by atoms with Crippen molar-refractivity contribution in [1.82, 2.24) is 10.2 Å². The molecule has 4 fully saturated rings. The fourth-order valence-corrected chi connectivity index (χ4v) is 3.77. The van der Waals surface area contributed by atoms with Gasteiger partial charge >= 0.3 is 0 Å². The minimum absolute atomic E-state index is 0.0488. The lowest BCUT2D eigenvalue weighted by Crippen LogP contribution is -2.58. The van der Waals surface area contributed by atoms with Gasteiger partial charge in [0.25, 0.3) is 0 Å². The molecule has 3 heterocycles. The first kappa shape index (κ1) is 11.0. The summed E-state index contributed by atoms with van der Waals surface area (Å²) in [5, 5.41) is 13.5. The van der Waals surface area contributed by atoms with E-state index in [1.807, 2.05) is 0 Å². The SMILES string of the molecule is OC1CCCC(NC2CN3CCC2CC3)C1. The van der Waals surface area contributed by atoms with Gasteiger partial charge in [0.2, 0.25) is 0 Å². The Bertz CT molecular complexity index is 238. The van der Waals surface area contributed by atoms with Crippen LogP contribution in [0, 0.1) is 5.92 Å². The number of fused-ring (bicyclic) bond motifs is 3. The van der Waals surface area contributed by atoms with Crippen LogP contribution in [0.3, 0.4) is 0 Å². The van der Waals surface area contributed by atoms with Gasteiger partial charge in [-0.2, -0.15) is 0 Å². The molecule has 3 aliphatic heterocycles. The highest BCUT2D eigenvalue weighted by molar-refractivity contribution is 4.93. The maximum atomic E-state index is 9.69. The van der Waals surface area contributed by atoms with Crippen molar-refractivity contribution >= 4 is 0 Å². The third kappa shape index (κ3) is 2.27. The predicted octanol–water partition coefficient (Wildman–Crippen LogP) is 0.974. The zero-order valence-electron chi connectivity index (χ0n) is 10.1. The molecule has 1 aliphatic carbocycles. The molecule has 4 aliphatic rings. The van der Waals surface area contributed by atoms with Gasteiger partial charge in [0.1, 0.15) is 0 Å². The van der Waals surface area contributed by atoms with E-state index in [9.17, 15) is 5.11 Å². The predicted molar refractivity (Wildman–Crippen MR) is 64.4 cm³/mol. The minimum atomic E-state index is -0.0488. The van der Waals surface area contributed by atoms with Gasteiger partial charge in [0.05, 0.1) is 6.10 Å². The zero-order valence-corrected chi connectivity index (χ0v) is 10.1. The van der Waals surface area contributed by atoms with Gasteiger partial charge in [-0.15, -0.1) is 0 Å². The van der Waals surface area contributed by atoms with Crippen LogP contribution in [0.4, 0.5) is 0 Å². The van der Waals surface area contributed by atoms with Crippen molar-refractivity contribution in [3.05, 3.63) is 0 Å². The highest BCUT2D eigenvalue weighted by atomic mass is 16.3. The largest absolute Gasteiger partial charge is 0.393 e. The number of aliphatic hydroxyl groups is 1. The summed E-state index contributed by atoms with van der Waals surface area (Å²) in [5.41, 5.74) is 0. The van der Waals surface area contributed by atoms with Gasteiger partial charge in [0, 0.05) is 18.6 Å². The van der Waals surface area contributed by atoms with E-state index in [4.69, 9.17) is 0 Å². The molecule has 2 N–H and O–H groups in total. The third-order valence-electron chi connectivity index (χ3n) is 4.75. The summed E-state index contributed by atoms with van der Waals surface area (Å²) in [4.78, 5) is 2.59. The molecule has 3 saturated heterocycles. The van der Waals surface area contributed by atoms with E-state index in [1.165, 1.54) is 45.3 Å². The Morgan fingerprint density at radius 2 is 1.88 bits per heavy atom. The lowest BCUT2D eigenvalue weighted by molar-refractivity contribution is 0.0516. The first-order valence-corrected chi connectivity index (χ1v) is 6.98. The molecular weight excluding hydrogens is 200 g/mol. The molecule has 92 valence electrons. The van der Waals surface area contributed by atoms with Crippen LogP contribution >= 0.6 is 0 Å². The Labute approximate surface area is 98.2 Å². The highest BCUT2D eigenvalue weighted by Crippen LogP contribution is 2.29. The lowest BCUT2D eigenvalue weighted by Gasteiger charge is -2.46. The Morgan fingerprint density at radius 1 is 1.06 bits per heavy atom. The number of nitrogens with one attached hydrogen (secondary N) is 1. The zero-order chi connectivity index (χ0) is 11.0. The van der Waals surface area contributed by atoms with E-state index in [1.54, 1.807) is 0 Å². The molecule has 0 aromatic rings. The van der Waals surface area contributed by atoms with Gasteiger partial charge in [-0.25, -0.2) is 0 Å². The normalized spacial score (nSPS) is 48.2. The highest BCUT2D eigenvalue weighted by Gasteiger charge is 2.35. The van der Waals surface area contributed by atoms with Crippen molar-refractivity contribution in [3.8, 4) is 0 Å². The molecule has 4 rings (SSSR count). The topological polar surface area (TPSA) is 35.5 Å². The third-order valence-corrected chi connectivity index (χ3v) is 4.75. The van der Waals surface area contributed by atoms with E-state index < -0.39 is 0 Å². The van der Waals surface area contributed by atoms with Crippen molar-refractivity contribution in [1.29, 1.82) is 0 Å². The molecule has 3 atom stereocenters. The average molecular weight is 224 g/mol. The van der Waals surface area contributed by atoms with Gasteiger partial charge in [-0.3, -0.25) is 0 Å². The molecule has 0 aromatic carbocycles. The second-order valence-corrected chi connectivity index (χ2v) is 5.93. The van der Waals surface area contributed by atoms with Gasteiger partial charge in [-0.1, -0.05) is 0 Å². The molecule has 3 unspecified atom stereocenters. The number of piperidine rings is 3. The molecule has 3 nitrogen and oxygen atoms in total. The number of aliphatic hydroxyl groups excluding tert-OH is 1. The van der Waals surface area contributed by atoms with Crippen molar-refractivity contribution in [2.45, 2.75) is 56.7 Å². The molecule has 2 bridgehead atoms. The second kappa shape index (κ2) is 4.63. The lowest BCUT2D eigenvalue weighted by atomic mass is 9.82. The fraction of sp³-hybridized carbons (Fsp3) is 1.00. The number of nitrogens with zero attached hydrogens (tertiary/aromatic N) is 1. The van der Waals surface area contributed by atoms with Crippen molar-refractivity contribution < 1.29 is 5.11 Å². The van der Waals surface area contributed by atoms with E-state index in [2.05, 4.69) is 10.2 Å². The standard InChI is InChI=1S/C13H24N2O/c16-12-3-1-2-11(8-12)14-13-9-15-6-4-10(13)5-7-15/h10-14,16H,1-9H2. The van der Waals surface area contributed by atoms with E-state index in [-0.39, 0.29) is 6.10 Å². The molecule has 0 aromatic heterocycles. The summed E-state index contributed by atoms with van der Waals surface area (Å²) in [7, 11) is 0. The number of rotatable bonds is 2. The van der Waals surface area contributed by atoms with Gasteiger partial charge in [0.15, 0.2) is 0 Å². The Kier molecular flexibility index (Phi) is 3.18. The summed E-state index contributed by atoms with van der Waals surface area (Å²) >= 11 is 0. The molecule has 0 amide bonds. The van der Waals surface area contributed by atoms with E-state index in [0.717, 1.165) is 18.8 Å². The van der Waals surface area contributed by atoms with Crippen molar-refractivity contribution in [3.63, 3.8) is 0 Å². The Hall–Kier alpha value is -0.120. The Balaban J connectivity index is 1.54. The molecule has 0 spiro atoms. The van der Waals surface area contributed by atoms with E-state index >= 15 is 0 Å². The summed E-state index contributed by atoms with van der Waals surface area (Å²) in [5.74, 6) is 0.907. The fourth-order valence-electron chi connectivity index (χ4n) is 3.77.